The van der Waals surface area contributed by atoms with Crippen LogP contribution < -0.4 is 5.73 Å². The molecule has 0 aromatic heterocycles. The van der Waals surface area contributed by atoms with E-state index in [1.807, 2.05) is 12.1 Å². The SMILES string of the molecule is Nc1cc2c(O)c(N=Nc3ccc(N=Nc4ccc5c(SOOO)cccc5c4)c4cc(O)ccc34)c(SOOO)cc2cc1S(=O)(=O)O. The molecule has 6 rings (SSSR count). The van der Waals surface area contributed by atoms with Crippen molar-refractivity contribution in [1.82, 2.24) is 0 Å². The molecule has 6 aromatic carbocycles. The summed E-state index contributed by atoms with van der Waals surface area (Å²) in [5.74, 6) is -0.515. The maximum Gasteiger partial charge on any atom is 0.296 e. The summed E-state index contributed by atoms with van der Waals surface area (Å²) in [6.45, 7) is 0. The highest BCUT2D eigenvalue weighted by atomic mass is 32.2. The van der Waals surface area contributed by atoms with E-state index in [4.69, 9.17) is 16.2 Å². The number of hydrogen-bond donors (Lipinski definition) is 6. The van der Waals surface area contributed by atoms with Gasteiger partial charge in [-0.25, -0.2) is 10.5 Å². The van der Waals surface area contributed by atoms with Crippen LogP contribution in [0.4, 0.5) is 28.4 Å². The number of rotatable bonds is 11. The van der Waals surface area contributed by atoms with E-state index >= 15 is 0 Å². The van der Waals surface area contributed by atoms with Crippen LogP contribution >= 0.6 is 24.1 Å². The minimum absolute atomic E-state index is 0.0385. The summed E-state index contributed by atoms with van der Waals surface area (Å²) in [5.41, 5.74) is 6.57. The summed E-state index contributed by atoms with van der Waals surface area (Å²) in [5, 5.41) is 66.1. The Morgan fingerprint density at radius 2 is 1.35 bits per heavy atom. The van der Waals surface area contributed by atoms with Crippen molar-refractivity contribution in [2.45, 2.75) is 14.7 Å². The lowest BCUT2D eigenvalue weighted by atomic mass is 10.1. The Morgan fingerprint density at radius 1 is 0.653 bits per heavy atom. The normalized spacial score (nSPS) is 12.3. The first-order valence-corrected chi connectivity index (χ1v) is 16.5. The van der Waals surface area contributed by atoms with Crippen molar-refractivity contribution < 1.29 is 52.4 Å². The molecule has 0 spiro atoms. The molecule has 0 amide bonds. The van der Waals surface area contributed by atoms with Crippen LogP contribution in [0.3, 0.4) is 0 Å². The van der Waals surface area contributed by atoms with Crippen molar-refractivity contribution in [3.63, 3.8) is 0 Å². The molecule has 0 aliphatic rings. The topological polar surface area (TPSA) is 248 Å². The van der Waals surface area contributed by atoms with Crippen LogP contribution in [0.5, 0.6) is 11.5 Å². The second kappa shape index (κ2) is 14.3. The van der Waals surface area contributed by atoms with Gasteiger partial charge in [-0.2, -0.15) is 13.5 Å². The molecule has 0 atom stereocenters. The number of nitrogens with zero attached hydrogens (tertiary/aromatic N) is 4. The molecule has 0 bridgehead atoms. The fourth-order valence-corrected chi connectivity index (χ4v) is 6.59. The van der Waals surface area contributed by atoms with Crippen molar-refractivity contribution in [3.05, 3.63) is 84.9 Å². The van der Waals surface area contributed by atoms with E-state index in [9.17, 15) is 23.2 Å². The van der Waals surface area contributed by atoms with Crippen LogP contribution in [0.1, 0.15) is 0 Å². The summed E-state index contributed by atoms with van der Waals surface area (Å²) in [7, 11) is -4.68. The Hall–Kier alpha value is -4.93. The Labute approximate surface area is 283 Å². The van der Waals surface area contributed by atoms with E-state index in [0.717, 1.165) is 34.9 Å². The molecule has 0 saturated carbocycles. The first-order valence-electron chi connectivity index (χ1n) is 13.6. The number of fused-ring (bicyclic) bond motifs is 3. The zero-order valence-corrected chi connectivity index (χ0v) is 26.8. The predicted molar refractivity (Wildman–Crippen MR) is 179 cm³/mol. The van der Waals surface area contributed by atoms with Crippen molar-refractivity contribution in [1.29, 1.82) is 0 Å². The van der Waals surface area contributed by atoms with Gasteiger partial charge in [-0.15, -0.1) is 24.0 Å². The molecule has 0 unspecified atom stereocenters. The number of hydrogen-bond acceptors (Lipinski definition) is 17. The van der Waals surface area contributed by atoms with Gasteiger partial charge in [0, 0.05) is 21.1 Å². The number of benzene rings is 6. The van der Waals surface area contributed by atoms with Crippen LogP contribution in [0.15, 0.2) is 120 Å². The van der Waals surface area contributed by atoms with Gasteiger partial charge in [0.25, 0.3) is 10.1 Å². The standard InChI is InChI=1S/C30H21N5O11S3/c31-23-14-21-16(12-28(23)49(40,41)42)11-27(48-46-44-39)29(30(21)37)35-34-24-8-9-25(22-13-18(36)5-7-20(22)24)33-32-17-4-6-19-15(10-17)2-1-3-26(19)47-45-43-38/h1-14,36-39H,31H2,(H,40,41,42). The maximum atomic E-state index is 11.8. The molecular formula is C30H21N5O11S3. The van der Waals surface area contributed by atoms with E-state index in [2.05, 4.69) is 39.2 Å². The molecule has 7 N–H and O–H groups in total. The van der Waals surface area contributed by atoms with Crippen LogP contribution in [0.2, 0.25) is 0 Å². The average molecular weight is 724 g/mol. The second-order valence-electron chi connectivity index (χ2n) is 10.0. The van der Waals surface area contributed by atoms with Crippen LogP contribution in [0, 0.1) is 0 Å². The molecule has 0 saturated heterocycles. The number of nitrogens with two attached hydrogens (primary N) is 1. The molecule has 6 aromatic rings. The second-order valence-corrected chi connectivity index (χ2v) is 12.9. The number of aromatic hydroxyl groups is 2. The molecule has 49 heavy (non-hydrogen) atoms. The van der Waals surface area contributed by atoms with Gasteiger partial charge in [0.1, 0.15) is 16.3 Å². The van der Waals surface area contributed by atoms with Crippen molar-refractivity contribution in [2.24, 2.45) is 20.5 Å². The largest absolute Gasteiger partial charge is 0.508 e. The highest BCUT2D eigenvalue weighted by molar-refractivity contribution is 7.95. The zero-order chi connectivity index (χ0) is 34.7. The molecule has 250 valence electrons. The third-order valence-corrected chi connectivity index (χ3v) is 9.27. The monoisotopic (exact) mass is 723 g/mol. The van der Waals surface area contributed by atoms with E-state index in [-0.39, 0.29) is 32.8 Å². The van der Waals surface area contributed by atoms with Gasteiger partial charge in [-0.3, -0.25) is 4.55 Å². The lowest BCUT2D eigenvalue weighted by Gasteiger charge is -2.11. The minimum Gasteiger partial charge on any atom is -0.508 e. The summed E-state index contributed by atoms with van der Waals surface area (Å²) in [6, 6.07) is 22.1. The van der Waals surface area contributed by atoms with E-state index in [1.165, 1.54) is 18.2 Å². The van der Waals surface area contributed by atoms with Gasteiger partial charge in [0.15, 0.2) is 5.75 Å². The predicted octanol–water partition coefficient (Wildman–Crippen LogP) is 9.07. The van der Waals surface area contributed by atoms with Gasteiger partial charge in [0.2, 0.25) is 0 Å². The molecule has 0 radical (unpaired) electrons. The number of azo groups is 2. The number of anilines is 1. The first kappa shape index (κ1) is 34.0. The zero-order valence-electron chi connectivity index (χ0n) is 24.4. The highest BCUT2D eigenvalue weighted by Gasteiger charge is 2.21. The van der Waals surface area contributed by atoms with Gasteiger partial charge >= 0.3 is 0 Å². The Morgan fingerprint density at radius 3 is 2.08 bits per heavy atom. The molecule has 19 heteroatoms. The molecule has 0 heterocycles. The summed E-state index contributed by atoms with van der Waals surface area (Å²) >= 11 is 1.28. The summed E-state index contributed by atoms with van der Waals surface area (Å²) in [4.78, 5) is 0.162. The number of phenols is 2. The van der Waals surface area contributed by atoms with Crippen molar-refractivity contribution in [3.8, 4) is 11.5 Å². The lowest BCUT2D eigenvalue weighted by molar-refractivity contribution is -0.432. The van der Waals surface area contributed by atoms with E-state index in [1.54, 1.807) is 42.5 Å². The fraction of sp³-hybridized carbons (Fsp3) is 0. The summed E-state index contributed by atoms with van der Waals surface area (Å²) < 4.78 is 42.2. The quantitative estimate of drug-likeness (QED) is 0.0182. The number of phenolic OH excluding ortho intramolecular Hbond substituents is 2. The van der Waals surface area contributed by atoms with E-state index < -0.39 is 20.8 Å². The Kier molecular flexibility index (Phi) is 9.89. The molecule has 0 aliphatic carbocycles. The highest BCUT2D eigenvalue weighted by Crippen LogP contribution is 2.46. The molecule has 0 fully saturated rings. The third-order valence-electron chi connectivity index (χ3n) is 7.08. The fourth-order valence-electron chi connectivity index (χ4n) is 4.95. The van der Waals surface area contributed by atoms with Gasteiger partial charge in [0.05, 0.1) is 51.7 Å². The van der Waals surface area contributed by atoms with Crippen molar-refractivity contribution in [2.75, 3.05) is 5.73 Å². The third kappa shape index (κ3) is 7.25. The smallest absolute Gasteiger partial charge is 0.296 e. The van der Waals surface area contributed by atoms with Crippen LogP contribution in [0.25, 0.3) is 32.3 Å². The summed E-state index contributed by atoms with van der Waals surface area (Å²) in [6.07, 6.45) is 0. The maximum absolute atomic E-state index is 11.8. The molecule has 16 nitrogen and oxygen atoms in total. The number of nitrogen functional groups attached to an aromatic ring is 1. The molecule has 0 aliphatic heterocycles. The van der Waals surface area contributed by atoms with Gasteiger partial charge in [-0.1, -0.05) is 28.3 Å². The van der Waals surface area contributed by atoms with Crippen LogP contribution in [-0.2, 0) is 28.9 Å². The van der Waals surface area contributed by atoms with Crippen LogP contribution in [-0.4, -0.2) is 33.7 Å². The first-order chi connectivity index (χ1) is 23.6. The lowest BCUT2D eigenvalue weighted by Crippen LogP contribution is -2.03. The minimum atomic E-state index is -4.68. The van der Waals surface area contributed by atoms with Crippen molar-refractivity contribution >= 4 is 95.0 Å². The van der Waals surface area contributed by atoms with Gasteiger partial charge < -0.3 is 15.9 Å². The Bertz CT molecular complexity index is 2410. The average Bonchev–Trinajstić information content (AvgIpc) is 3.08. The van der Waals surface area contributed by atoms with E-state index in [0.29, 0.717) is 44.8 Å². The Balaban J connectivity index is 1.38. The molecular weight excluding hydrogens is 703 g/mol. The van der Waals surface area contributed by atoms with Gasteiger partial charge in [-0.05, 0) is 82.9 Å².